The van der Waals surface area contributed by atoms with Gasteiger partial charge in [0.25, 0.3) is 0 Å². The summed E-state index contributed by atoms with van der Waals surface area (Å²) in [7, 11) is 0. The highest BCUT2D eigenvalue weighted by Gasteiger charge is 2.19. The molecule has 0 aliphatic rings. The molecule has 0 saturated heterocycles. The Morgan fingerprint density at radius 1 is 1.38 bits per heavy atom. The first kappa shape index (κ1) is 15.0. The van der Waals surface area contributed by atoms with Crippen molar-refractivity contribution in [3.05, 3.63) is 29.7 Å². The third-order valence-electron chi connectivity index (χ3n) is 2.78. The van der Waals surface area contributed by atoms with E-state index in [0.717, 1.165) is 17.9 Å². The van der Waals surface area contributed by atoms with Crippen LogP contribution in [0.3, 0.4) is 0 Å². The summed E-state index contributed by atoms with van der Waals surface area (Å²) in [5, 5.41) is 0. The summed E-state index contributed by atoms with van der Waals surface area (Å²) in [5.74, 6) is 1.91. The van der Waals surface area contributed by atoms with Gasteiger partial charge in [-0.15, -0.1) is 0 Å². The van der Waals surface area contributed by atoms with E-state index in [9.17, 15) is 0 Å². The van der Waals surface area contributed by atoms with Crippen molar-refractivity contribution in [1.82, 2.24) is 0 Å². The zero-order chi connectivity index (χ0) is 12.8. The van der Waals surface area contributed by atoms with Crippen molar-refractivity contribution in [3.63, 3.8) is 0 Å². The van der Waals surface area contributed by atoms with Gasteiger partial charge in [0.05, 0.1) is 0 Å². The van der Waals surface area contributed by atoms with Crippen molar-refractivity contribution in [2.45, 2.75) is 54.4 Å². The fraction of sp³-hybridized carbons (Fsp3) is 0.600. The van der Waals surface area contributed by atoms with Gasteiger partial charge in [0.2, 0.25) is 0 Å². The van der Waals surface area contributed by atoms with Gasteiger partial charge in [0.1, 0.15) is 11.5 Å². The van der Waals surface area contributed by atoms with E-state index in [0.29, 0.717) is 5.41 Å². The fourth-order valence-corrected chi connectivity index (χ4v) is 1.54. The van der Waals surface area contributed by atoms with Crippen LogP contribution in [0.15, 0.2) is 17.1 Å². The number of rotatable bonds is 4. The van der Waals surface area contributed by atoms with E-state index in [4.69, 9.17) is 4.42 Å². The lowest BCUT2D eigenvalue weighted by Gasteiger charge is -2.21. The molecule has 0 bridgehead atoms. The van der Waals surface area contributed by atoms with Gasteiger partial charge >= 0.3 is 0 Å². The average Bonchev–Trinajstić information content (AvgIpc) is 2.61. The Kier molecular flexibility index (Phi) is 6.17. The number of aryl methyl sites for hydroxylation is 1. The average molecular weight is 222 g/mol. The SMILES string of the molecule is C=Cc1oc(C)cc1CC(C)(C)CC.CC. The summed E-state index contributed by atoms with van der Waals surface area (Å²) in [6, 6.07) is 2.12. The minimum Gasteiger partial charge on any atom is -0.462 e. The summed E-state index contributed by atoms with van der Waals surface area (Å²) >= 11 is 0. The molecule has 1 heteroatoms. The zero-order valence-corrected chi connectivity index (χ0v) is 11.7. The summed E-state index contributed by atoms with van der Waals surface area (Å²) in [4.78, 5) is 0. The molecule has 1 rings (SSSR count). The van der Waals surface area contributed by atoms with Gasteiger partial charge in [-0.25, -0.2) is 0 Å². The third kappa shape index (κ3) is 4.26. The van der Waals surface area contributed by atoms with E-state index >= 15 is 0 Å². The molecule has 0 N–H and O–H groups in total. The minimum atomic E-state index is 0.341. The first-order valence-corrected chi connectivity index (χ1v) is 6.20. The molecule has 0 aliphatic carbocycles. The van der Waals surface area contributed by atoms with Gasteiger partial charge in [-0.3, -0.25) is 0 Å². The Balaban J connectivity index is 0.00000106. The van der Waals surface area contributed by atoms with Crippen LogP contribution in [0.1, 0.15) is 58.1 Å². The standard InChI is InChI=1S/C13H20O.C2H6/c1-6-12-11(8-10(3)14-12)9-13(4,5)7-2;1-2/h6,8H,1,7,9H2,2-5H3;1-2H3. The summed E-state index contributed by atoms with van der Waals surface area (Å²) in [6.45, 7) is 16.5. The van der Waals surface area contributed by atoms with Crippen LogP contribution in [0.5, 0.6) is 0 Å². The summed E-state index contributed by atoms with van der Waals surface area (Å²) in [6.07, 6.45) is 4.03. The molecule has 1 aromatic rings. The molecule has 0 atom stereocenters. The predicted octanol–water partition coefficient (Wildman–Crippen LogP) is 5.24. The molecule has 1 nitrogen and oxygen atoms in total. The largest absolute Gasteiger partial charge is 0.462 e. The minimum absolute atomic E-state index is 0.341. The molecule has 0 radical (unpaired) electrons. The molecular weight excluding hydrogens is 196 g/mol. The van der Waals surface area contributed by atoms with Gasteiger partial charge < -0.3 is 4.42 Å². The smallest absolute Gasteiger partial charge is 0.129 e. The Labute approximate surface area is 101 Å². The summed E-state index contributed by atoms with van der Waals surface area (Å²) < 4.78 is 5.54. The molecule has 0 unspecified atom stereocenters. The molecule has 16 heavy (non-hydrogen) atoms. The lowest BCUT2D eigenvalue weighted by Crippen LogP contribution is -2.13. The first-order valence-electron chi connectivity index (χ1n) is 6.20. The molecule has 0 saturated carbocycles. The molecule has 0 fully saturated rings. The van der Waals surface area contributed by atoms with Crippen LogP contribution in [0.2, 0.25) is 0 Å². The number of hydrogen-bond donors (Lipinski definition) is 0. The van der Waals surface area contributed by atoms with Crippen LogP contribution in [-0.2, 0) is 6.42 Å². The van der Waals surface area contributed by atoms with Gasteiger partial charge in [0.15, 0.2) is 0 Å². The Hall–Kier alpha value is -0.980. The molecule has 1 aromatic heterocycles. The van der Waals surface area contributed by atoms with Crippen LogP contribution in [-0.4, -0.2) is 0 Å². The quantitative estimate of drug-likeness (QED) is 0.679. The summed E-state index contributed by atoms with van der Waals surface area (Å²) in [5.41, 5.74) is 1.62. The van der Waals surface area contributed by atoms with Crippen LogP contribution >= 0.6 is 0 Å². The molecule has 0 aromatic carbocycles. The van der Waals surface area contributed by atoms with Crippen LogP contribution in [0.4, 0.5) is 0 Å². The Morgan fingerprint density at radius 3 is 2.38 bits per heavy atom. The van der Waals surface area contributed by atoms with Crippen molar-refractivity contribution in [2.75, 3.05) is 0 Å². The molecule has 1 heterocycles. The van der Waals surface area contributed by atoms with Gasteiger partial charge in [-0.2, -0.15) is 0 Å². The Bertz CT molecular complexity index is 318. The van der Waals surface area contributed by atoms with E-state index in [-0.39, 0.29) is 0 Å². The molecule has 0 spiro atoms. The van der Waals surface area contributed by atoms with Gasteiger partial charge in [0, 0.05) is 0 Å². The second-order valence-electron chi connectivity index (χ2n) is 4.65. The van der Waals surface area contributed by atoms with Crippen LogP contribution < -0.4 is 0 Å². The molecule has 92 valence electrons. The van der Waals surface area contributed by atoms with E-state index in [1.807, 2.05) is 20.8 Å². The fourth-order valence-electron chi connectivity index (χ4n) is 1.54. The van der Waals surface area contributed by atoms with Crippen molar-refractivity contribution in [2.24, 2.45) is 5.41 Å². The van der Waals surface area contributed by atoms with Crippen molar-refractivity contribution in [1.29, 1.82) is 0 Å². The molecular formula is C15H26O. The Morgan fingerprint density at radius 2 is 1.94 bits per heavy atom. The second-order valence-corrected chi connectivity index (χ2v) is 4.65. The highest BCUT2D eigenvalue weighted by atomic mass is 16.3. The normalized spacial score (nSPS) is 10.6. The molecule has 0 aliphatic heterocycles. The van der Waals surface area contributed by atoms with Crippen molar-refractivity contribution >= 4 is 6.08 Å². The van der Waals surface area contributed by atoms with E-state index in [1.165, 1.54) is 12.0 Å². The van der Waals surface area contributed by atoms with Crippen LogP contribution in [0, 0.1) is 12.3 Å². The van der Waals surface area contributed by atoms with E-state index in [1.54, 1.807) is 6.08 Å². The van der Waals surface area contributed by atoms with Crippen LogP contribution in [0.25, 0.3) is 6.08 Å². The predicted molar refractivity (Wildman–Crippen MR) is 72.7 cm³/mol. The topological polar surface area (TPSA) is 13.1 Å². The maximum absolute atomic E-state index is 5.54. The maximum Gasteiger partial charge on any atom is 0.129 e. The zero-order valence-electron chi connectivity index (χ0n) is 11.7. The van der Waals surface area contributed by atoms with Crippen molar-refractivity contribution < 1.29 is 4.42 Å². The van der Waals surface area contributed by atoms with Gasteiger partial charge in [-0.05, 0) is 36.5 Å². The van der Waals surface area contributed by atoms with Crippen molar-refractivity contribution in [3.8, 4) is 0 Å². The monoisotopic (exact) mass is 222 g/mol. The number of hydrogen-bond acceptors (Lipinski definition) is 1. The highest BCUT2D eigenvalue weighted by Crippen LogP contribution is 2.29. The lowest BCUT2D eigenvalue weighted by molar-refractivity contribution is 0.347. The first-order chi connectivity index (χ1) is 7.48. The lowest BCUT2D eigenvalue weighted by atomic mass is 9.83. The second kappa shape index (κ2) is 6.57. The molecule has 0 amide bonds. The third-order valence-corrected chi connectivity index (χ3v) is 2.78. The number of furan rings is 1. The maximum atomic E-state index is 5.54. The highest BCUT2D eigenvalue weighted by molar-refractivity contribution is 5.46. The van der Waals surface area contributed by atoms with E-state index < -0.39 is 0 Å². The van der Waals surface area contributed by atoms with Gasteiger partial charge in [-0.1, -0.05) is 47.6 Å². The van der Waals surface area contributed by atoms with E-state index in [2.05, 4.69) is 33.4 Å².